The smallest absolute Gasteiger partial charge is 0.274 e. The van der Waals surface area contributed by atoms with Gasteiger partial charge in [0, 0.05) is 44.5 Å². The van der Waals surface area contributed by atoms with Gasteiger partial charge in [0.15, 0.2) is 0 Å². The van der Waals surface area contributed by atoms with Crippen molar-refractivity contribution < 1.29 is 9.59 Å². The third kappa shape index (κ3) is 3.95. The maximum absolute atomic E-state index is 12.8. The molecule has 2 aliphatic rings. The molecule has 0 aliphatic carbocycles. The summed E-state index contributed by atoms with van der Waals surface area (Å²) in [5.74, 6) is 0.258. The first kappa shape index (κ1) is 18.3. The van der Waals surface area contributed by atoms with E-state index < -0.39 is 0 Å². The largest absolute Gasteiger partial charge is 0.342 e. The molecular weight excluding hydrogens is 364 g/mol. The van der Waals surface area contributed by atoms with Crippen LogP contribution in [0.3, 0.4) is 0 Å². The second-order valence-electron chi connectivity index (χ2n) is 7.54. The van der Waals surface area contributed by atoms with E-state index in [4.69, 9.17) is 11.6 Å². The van der Waals surface area contributed by atoms with E-state index >= 15 is 0 Å². The number of halogens is 1. The molecule has 0 atom stereocenters. The third-order valence-electron chi connectivity index (χ3n) is 5.68. The second kappa shape index (κ2) is 7.89. The Hall–Kier alpha value is -2.08. The molecule has 4 rings (SSSR count). The quantitative estimate of drug-likeness (QED) is 0.793. The molecule has 6 nitrogen and oxygen atoms in total. The van der Waals surface area contributed by atoms with Crippen LogP contribution in [-0.4, -0.2) is 57.2 Å². The van der Waals surface area contributed by atoms with Crippen LogP contribution in [0.15, 0.2) is 24.5 Å². The van der Waals surface area contributed by atoms with Gasteiger partial charge in [-0.3, -0.25) is 9.59 Å². The Kier molecular flexibility index (Phi) is 5.34. The molecule has 0 spiro atoms. The molecule has 144 valence electrons. The number of hydrogen-bond acceptors (Lipinski definition) is 3. The standard InChI is InChI=1S/C20H25ClN4O2/c21-16-5-6-18-22-17(14-25(18)13-16)20(27)24-11-7-15(8-12-24)19(26)23-9-3-1-2-4-10-23/h5-6,13-15H,1-4,7-12H2. The van der Waals surface area contributed by atoms with Crippen LogP contribution < -0.4 is 0 Å². The van der Waals surface area contributed by atoms with Gasteiger partial charge in [-0.05, 0) is 37.8 Å². The molecule has 2 saturated heterocycles. The highest BCUT2D eigenvalue weighted by atomic mass is 35.5. The highest BCUT2D eigenvalue weighted by molar-refractivity contribution is 6.30. The Morgan fingerprint density at radius 2 is 1.63 bits per heavy atom. The minimum Gasteiger partial charge on any atom is -0.342 e. The minimum atomic E-state index is -0.0736. The summed E-state index contributed by atoms with van der Waals surface area (Å²) >= 11 is 6.00. The number of carbonyl (C=O) groups is 2. The topological polar surface area (TPSA) is 57.9 Å². The Balaban J connectivity index is 1.37. The van der Waals surface area contributed by atoms with Crippen molar-refractivity contribution in [2.75, 3.05) is 26.2 Å². The van der Waals surface area contributed by atoms with Gasteiger partial charge in [0.1, 0.15) is 11.3 Å². The van der Waals surface area contributed by atoms with Crippen molar-refractivity contribution in [2.24, 2.45) is 5.92 Å². The molecule has 7 heteroatoms. The van der Waals surface area contributed by atoms with Crippen LogP contribution in [0.4, 0.5) is 0 Å². The van der Waals surface area contributed by atoms with Crippen molar-refractivity contribution in [3.8, 4) is 0 Å². The fourth-order valence-electron chi connectivity index (χ4n) is 4.11. The van der Waals surface area contributed by atoms with Gasteiger partial charge in [-0.1, -0.05) is 24.4 Å². The highest BCUT2D eigenvalue weighted by Crippen LogP contribution is 2.23. The molecular formula is C20H25ClN4O2. The van der Waals surface area contributed by atoms with Crippen LogP contribution in [0, 0.1) is 5.92 Å². The van der Waals surface area contributed by atoms with E-state index in [2.05, 4.69) is 4.98 Å². The summed E-state index contributed by atoms with van der Waals surface area (Å²) in [5.41, 5.74) is 1.13. The first-order valence-corrected chi connectivity index (χ1v) is 10.2. The minimum absolute atomic E-state index is 0.0482. The summed E-state index contributed by atoms with van der Waals surface area (Å²) < 4.78 is 1.77. The predicted octanol–water partition coefficient (Wildman–Crippen LogP) is 3.24. The summed E-state index contributed by atoms with van der Waals surface area (Å²) in [6.07, 6.45) is 9.61. The number of pyridine rings is 1. The number of imidazole rings is 1. The number of hydrogen-bond donors (Lipinski definition) is 0. The Bertz CT molecular complexity index is 834. The van der Waals surface area contributed by atoms with Crippen LogP contribution in [0.2, 0.25) is 5.02 Å². The number of amides is 2. The van der Waals surface area contributed by atoms with Gasteiger partial charge in [-0.15, -0.1) is 0 Å². The Morgan fingerprint density at radius 1 is 0.926 bits per heavy atom. The van der Waals surface area contributed by atoms with Crippen LogP contribution in [0.25, 0.3) is 5.65 Å². The van der Waals surface area contributed by atoms with E-state index in [9.17, 15) is 9.59 Å². The van der Waals surface area contributed by atoms with Crippen molar-refractivity contribution in [2.45, 2.75) is 38.5 Å². The third-order valence-corrected chi connectivity index (χ3v) is 5.91. The zero-order valence-corrected chi connectivity index (χ0v) is 16.2. The lowest BCUT2D eigenvalue weighted by Gasteiger charge is -2.33. The number of fused-ring (bicyclic) bond motifs is 1. The van der Waals surface area contributed by atoms with E-state index in [-0.39, 0.29) is 17.7 Å². The lowest BCUT2D eigenvalue weighted by Crippen LogP contribution is -2.44. The summed E-state index contributed by atoms with van der Waals surface area (Å²) in [6.45, 7) is 3.00. The Labute approximate surface area is 164 Å². The van der Waals surface area contributed by atoms with Crippen molar-refractivity contribution in [1.29, 1.82) is 0 Å². The summed E-state index contributed by atoms with van der Waals surface area (Å²) in [6, 6.07) is 3.56. The van der Waals surface area contributed by atoms with E-state index in [0.29, 0.717) is 29.5 Å². The van der Waals surface area contributed by atoms with Crippen LogP contribution in [0.5, 0.6) is 0 Å². The number of nitrogens with zero attached hydrogens (tertiary/aromatic N) is 4. The predicted molar refractivity (Wildman–Crippen MR) is 104 cm³/mol. The lowest BCUT2D eigenvalue weighted by molar-refractivity contribution is -0.136. The maximum atomic E-state index is 12.8. The summed E-state index contributed by atoms with van der Waals surface area (Å²) in [4.78, 5) is 33.9. The number of piperidine rings is 1. The molecule has 2 amide bonds. The molecule has 0 N–H and O–H groups in total. The monoisotopic (exact) mass is 388 g/mol. The zero-order chi connectivity index (χ0) is 18.8. The van der Waals surface area contributed by atoms with Gasteiger partial charge in [0.05, 0.1) is 5.02 Å². The first-order chi connectivity index (χ1) is 13.1. The van der Waals surface area contributed by atoms with E-state index in [0.717, 1.165) is 38.8 Å². The van der Waals surface area contributed by atoms with Crippen molar-refractivity contribution in [1.82, 2.24) is 19.2 Å². The fraction of sp³-hybridized carbons (Fsp3) is 0.550. The van der Waals surface area contributed by atoms with E-state index in [1.807, 2.05) is 9.80 Å². The summed E-state index contributed by atoms with van der Waals surface area (Å²) in [5, 5.41) is 0.603. The molecule has 2 aliphatic heterocycles. The van der Waals surface area contributed by atoms with Crippen LogP contribution in [-0.2, 0) is 4.79 Å². The molecule has 0 unspecified atom stereocenters. The van der Waals surface area contributed by atoms with Gasteiger partial charge in [0.25, 0.3) is 5.91 Å². The number of rotatable bonds is 2. The van der Waals surface area contributed by atoms with Gasteiger partial charge in [-0.2, -0.15) is 0 Å². The Morgan fingerprint density at radius 3 is 2.33 bits per heavy atom. The van der Waals surface area contributed by atoms with Gasteiger partial charge < -0.3 is 14.2 Å². The molecule has 27 heavy (non-hydrogen) atoms. The van der Waals surface area contributed by atoms with Crippen molar-refractivity contribution in [3.63, 3.8) is 0 Å². The van der Waals surface area contributed by atoms with Gasteiger partial charge in [0.2, 0.25) is 5.91 Å². The molecule has 0 saturated carbocycles. The number of aromatic nitrogens is 2. The lowest BCUT2D eigenvalue weighted by atomic mass is 9.95. The number of likely N-dealkylation sites (tertiary alicyclic amines) is 2. The summed E-state index contributed by atoms with van der Waals surface area (Å²) in [7, 11) is 0. The first-order valence-electron chi connectivity index (χ1n) is 9.84. The van der Waals surface area contributed by atoms with E-state index in [1.165, 1.54) is 12.8 Å². The molecule has 2 fully saturated rings. The SMILES string of the molecule is O=C(c1cn2cc(Cl)ccc2n1)N1CCC(C(=O)N2CCCCCC2)CC1. The normalized spacial score (nSPS) is 19.3. The van der Waals surface area contributed by atoms with Crippen LogP contribution >= 0.6 is 11.6 Å². The molecule has 2 aromatic heterocycles. The number of carbonyl (C=O) groups excluding carboxylic acids is 2. The zero-order valence-electron chi connectivity index (χ0n) is 15.4. The van der Waals surface area contributed by atoms with E-state index in [1.54, 1.807) is 28.9 Å². The van der Waals surface area contributed by atoms with Crippen LogP contribution in [0.1, 0.15) is 49.0 Å². The fourth-order valence-corrected chi connectivity index (χ4v) is 4.28. The molecule has 0 aromatic carbocycles. The average Bonchev–Trinajstić information content (AvgIpc) is 2.92. The van der Waals surface area contributed by atoms with Gasteiger partial charge >= 0.3 is 0 Å². The maximum Gasteiger partial charge on any atom is 0.274 e. The highest BCUT2D eigenvalue weighted by Gasteiger charge is 2.31. The van der Waals surface area contributed by atoms with Crippen molar-refractivity contribution >= 4 is 29.1 Å². The molecule has 4 heterocycles. The average molecular weight is 389 g/mol. The molecule has 2 aromatic rings. The second-order valence-corrected chi connectivity index (χ2v) is 7.98. The molecule has 0 bridgehead atoms. The van der Waals surface area contributed by atoms with Gasteiger partial charge in [-0.25, -0.2) is 4.98 Å². The molecule has 0 radical (unpaired) electrons. The van der Waals surface area contributed by atoms with Crippen molar-refractivity contribution in [3.05, 3.63) is 35.2 Å².